The van der Waals surface area contributed by atoms with Gasteiger partial charge in [0.25, 0.3) is 6.43 Å². The Morgan fingerprint density at radius 3 is 2.60 bits per heavy atom. The second-order valence-corrected chi connectivity index (χ2v) is 1.74. The molecule has 2 nitrogen and oxygen atoms in total. The molecule has 1 heterocycles. The first kappa shape index (κ1) is 6.92. The van der Waals surface area contributed by atoms with Crippen molar-refractivity contribution in [3.63, 3.8) is 0 Å². The number of hydrogen-bond acceptors (Lipinski definition) is 1. The van der Waals surface area contributed by atoms with Gasteiger partial charge >= 0.3 is 5.88 Å². The molecule has 54 valence electrons. The lowest BCUT2D eigenvalue weighted by Crippen LogP contribution is -1.85. The zero-order valence-electron chi connectivity index (χ0n) is 5.01. The highest BCUT2D eigenvalue weighted by Crippen LogP contribution is 2.24. The average Bonchev–Trinajstić information content (AvgIpc) is 1.88. The first-order valence-corrected chi connectivity index (χ1v) is 2.66. The zero-order chi connectivity index (χ0) is 7.56. The first-order chi connectivity index (χ1) is 4.72. The van der Waals surface area contributed by atoms with Crippen LogP contribution in [0.2, 0.25) is 0 Å². The van der Waals surface area contributed by atoms with Gasteiger partial charge in [-0.25, -0.2) is 8.78 Å². The summed E-state index contributed by atoms with van der Waals surface area (Å²) in [5, 5.41) is 6.91. The topological polar surface area (TPSA) is 35.8 Å². The van der Waals surface area contributed by atoms with Gasteiger partial charge in [-0.3, -0.25) is 0 Å². The fourth-order valence-corrected chi connectivity index (χ4v) is 0.594. The quantitative estimate of drug-likeness (QED) is 0.552. The molecule has 0 aromatic carbocycles. The van der Waals surface area contributed by atoms with Crippen molar-refractivity contribution in [2.75, 3.05) is 0 Å². The van der Waals surface area contributed by atoms with Gasteiger partial charge in [-0.1, -0.05) is 0 Å². The summed E-state index contributed by atoms with van der Waals surface area (Å²) < 4.78 is 23.7. The molecule has 0 aliphatic carbocycles. The monoisotopic (exact) mass is 146 g/mol. The van der Waals surface area contributed by atoms with E-state index in [1.54, 1.807) is 0 Å². The smallest absolute Gasteiger partial charge is 0.365 e. The minimum Gasteiger partial charge on any atom is -0.578 e. The molecule has 0 radical (unpaired) electrons. The molecular formula is C6H6F2NO+. The minimum absolute atomic E-state index is 0.317. The highest BCUT2D eigenvalue weighted by molar-refractivity contribution is 5.24. The van der Waals surface area contributed by atoms with Gasteiger partial charge in [0.1, 0.15) is 5.56 Å². The van der Waals surface area contributed by atoms with Crippen LogP contribution in [0, 0.1) is 0 Å². The molecule has 10 heavy (non-hydrogen) atoms. The van der Waals surface area contributed by atoms with E-state index in [9.17, 15) is 8.78 Å². The van der Waals surface area contributed by atoms with Crippen LogP contribution in [0.1, 0.15) is 12.0 Å². The van der Waals surface area contributed by atoms with Gasteiger partial charge in [-0.15, -0.1) is 0 Å². The molecule has 0 spiro atoms. The van der Waals surface area contributed by atoms with Crippen molar-refractivity contribution in [2.45, 2.75) is 6.43 Å². The molecule has 4 heteroatoms. The largest absolute Gasteiger partial charge is 0.578 e. The van der Waals surface area contributed by atoms with E-state index in [4.69, 9.17) is 5.11 Å². The second kappa shape index (κ2) is 2.60. The SMILES string of the molecule is [OH2+]c1ncccc1C(F)F. The molecular weight excluding hydrogens is 140 g/mol. The summed E-state index contributed by atoms with van der Waals surface area (Å²) >= 11 is 0. The number of aromatic nitrogens is 1. The van der Waals surface area contributed by atoms with Gasteiger partial charge in [0.05, 0.1) is 0 Å². The molecule has 1 aromatic heterocycles. The van der Waals surface area contributed by atoms with E-state index in [0.717, 1.165) is 0 Å². The van der Waals surface area contributed by atoms with Crippen LogP contribution in [-0.4, -0.2) is 10.1 Å². The number of hydrogen-bond donors (Lipinski definition) is 0. The van der Waals surface area contributed by atoms with Gasteiger partial charge in [-0.05, 0) is 12.1 Å². The molecule has 0 unspecified atom stereocenters. The Bertz CT molecular complexity index is 227. The summed E-state index contributed by atoms with van der Waals surface area (Å²) in [6.07, 6.45) is -1.28. The van der Waals surface area contributed by atoms with Crippen LogP contribution in [0.25, 0.3) is 0 Å². The van der Waals surface area contributed by atoms with E-state index in [2.05, 4.69) is 4.98 Å². The normalized spacial score (nSPS) is 10.3. The Morgan fingerprint density at radius 2 is 2.20 bits per heavy atom. The number of alkyl halides is 2. The molecule has 0 amide bonds. The predicted molar refractivity (Wildman–Crippen MR) is 32.3 cm³/mol. The van der Waals surface area contributed by atoms with Crippen molar-refractivity contribution in [1.29, 1.82) is 0 Å². The third-order valence-electron chi connectivity index (χ3n) is 1.07. The second-order valence-electron chi connectivity index (χ2n) is 1.74. The number of nitrogens with zero attached hydrogens (tertiary/aromatic N) is 1. The van der Waals surface area contributed by atoms with Crippen LogP contribution in [0.5, 0.6) is 5.88 Å². The van der Waals surface area contributed by atoms with Gasteiger partial charge < -0.3 is 5.11 Å². The Hall–Kier alpha value is -1.19. The van der Waals surface area contributed by atoms with Crippen molar-refractivity contribution in [2.24, 2.45) is 0 Å². The third-order valence-corrected chi connectivity index (χ3v) is 1.07. The number of rotatable bonds is 1. The molecule has 0 saturated heterocycles. The fourth-order valence-electron chi connectivity index (χ4n) is 0.594. The molecule has 0 aliphatic rings. The lowest BCUT2D eigenvalue weighted by Gasteiger charge is -1.95. The summed E-state index contributed by atoms with van der Waals surface area (Å²) in [5.41, 5.74) is -0.317. The molecule has 0 aliphatic heterocycles. The van der Waals surface area contributed by atoms with Crippen LogP contribution in [-0.2, 0) is 0 Å². The lowest BCUT2D eigenvalue weighted by molar-refractivity contribution is 0.146. The van der Waals surface area contributed by atoms with Crippen molar-refractivity contribution < 1.29 is 13.9 Å². The number of halogens is 2. The standard InChI is InChI=1S/C6H5F2NO/c7-5(8)4-2-1-3-9-6(4)10/h1-3,5H,(H,9,10)/p+1. The van der Waals surface area contributed by atoms with Crippen LogP contribution in [0.3, 0.4) is 0 Å². The predicted octanol–water partition coefficient (Wildman–Crippen LogP) is 1.46. The van der Waals surface area contributed by atoms with Gasteiger partial charge in [0, 0.05) is 6.20 Å². The van der Waals surface area contributed by atoms with E-state index in [1.165, 1.54) is 18.3 Å². The highest BCUT2D eigenvalue weighted by Gasteiger charge is 2.15. The van der Waals surface area contributed by atoms with Gasteiger partial charge in [0.15, 0.2) is 0 Å². The van der Waals surface area contributed by atoms with Crippen molar-refractivity contribution in [3.05, 3.63) is 23.9 Å². The summed E-state index contributed by atoms with van der Waals surface area (Å²) in [6.45, 7) is 0. The van der Waals surface area contributed by atoms with Gasteiger partial charge in [-0.2, -0.15) is 4.98 Å². The summed E-state index contributed by atoms with van der Waals surface area (Å²) in [7, 11) is 0. The Balaban J connectivity index is 3.03. The molecule has 0 bridgehead atoms. The van der Waals surface area contributed by atoms with Crippen molar-refractivity contribution in [1.82, 2.24) is 4.98 Å². The van der Waals surface area contributed by atoms with E-state index in [0.29, 0.717) is 0 Å². The maximum absolute atomic E-state index is 11.9. The van der Waals surface area contributed by atoms with Crippen molar-refractivity contribution >= 4 is 0 Å². The third kappa shape index (κ3) is 1.21. The Morgan fingerprint density at radius 1 is 1.50 bits per heavy atom. The van der Waals surface area contributed by atoms with Gasteiger partial charge in [0.2, 0.25) is 0 Å². The summed E-state index contributed by atoms with van der Waals surface area (Å²) in [4.78, 5) is 3.39. The molecule has 1 aromatic rings. The molecule has 0 fully saturated rings. The summed E-state index contributed by atoms with van der Waals surface area (Å²) in [6, 6.07) is 2.58. The fraction of sp³-hybridized carbons (Fsp3) is 0.167. The van der Waals surface area contributed by atoms with Crippen LogP contribution in [0.4, 0.5) is 8.78 Å². The molecule has 2 N–H and O–H groups in total. The van der Waals surface area contributed by atoms with E-state index < -0.39 is 6.43 Å². The lowest BCUT2D eigenvalue weighted by atomic mass is 10.3. The van der Waals surface area contributed by atoms with E-state index >= 15 is 0 Å². The Labute approximate surface area is 56.1 Å². The van der Waals surface area contributed by atoms with Crippen molar-refractivity contribution in [3.8, 4) is 5.88 Å². The first-order valence-electron chi connectivity index (χ1n) is 2.66. The highest BCUT2D eigenvalue weighted by atomic mass is 19.3. The van der Waals surface area contributed by atoms with E-state index in [1.807, 2.05) is 0 Å². The molecule has 0 saturated carbocycles. The average molecular weight is 146 g/mol. The van der Waals surface area contributed by atoms with Crippen LogP contribution >= 0.6 is 0 Å². The maximum atomic E-state index is 11.9. The zero-order valence-corrected chi connectivity index (χ0v) is 5.01. The number of pyridine rings is 1. The van der Waals surface area contributed by atoms with Crippen LogP contribution in [0.15, 0.2) is 18.3 Å². The maximum Gasteiger partial charge on any atom is 0.365 e. The minimum atomic E-state index is -2.60. The molecule has 1 rings (SSSR count). The van der Waals surface area contributed by atoms with E-state index in [-0.39, 0.29) is 11.4 Å². The Kier molecular flexibility index (Phi) is 1.80. The molecule has 0 atom stereocenters. The summed E-state index contributed by atoms with van der Waals surface area (Å²) in [5.74, 6) is -0.350. The van der Waals surface area contributed by atoms with Crippen LogP contribution < -0.4 is 0 Å².